The molecule has 1 aliphatic rings. The van der Waals surface area contributed by atoms with Gasteiger partial charge in [-0.25, -0.2) is 0 Å². The number of amides is 1. The summed E-state index contributed by atoms with van der Waals surface area (Å²) in [6.07, 6.45) is 5.67. The van der Waals surface area contributed by atoms with Gasteiger partial charge in [0.15, 0.2) is 0 Å². The Kier molecular flexibility index (Phi) is 2.48. The number of aromatic nitrogens is 2. The number of H-pyrrole nitrogens is 1. The van der Waals surface area contributed by atoms with Crippen LogP contribution < -0.4 is 5.73 Å². The number of aryl methyl sites for hydroxylation is 1. The molecule has 3 N–H and O–H groups in total. The third-order valence-electron chi connectivity index (χ3n) is 3.00. The van der Waals surface area contributed by atoms with E-state index in [0.29, 0.717) is 4.88 Å². The molecule has 0 saturated heterocycles. The molecule has 0 fully saturated rings. The zero-order valence-electron chi connectivity index (χ0n) is 9.24. The number of rotatable bonds is 2. The fraction of sp³-hybridized carbons (Fsp3) is 0.273. The minimum atomic E-state index is -0.325. The Labute approximate surface area is 107 Å². The topological polar surface area (TPSA) is 71.8 Å². The van der Waals surface area contributed by atoms with Crippen molar-refractivity contribution in [2.45, 2.75) is 17.1 Å². The molecule has 2 heterocycles. The van der Waals surface area contributed by atoms with Crippen LogP contribution in [0.1, 0.15) is 20.8 Å². The van der Waals surface area contributed by atoms with Gasteiger partial charge in [0.25, 0.3) is 5.91 Å². The minimum Gasteiger partial charge on any atom is -0.365 e. The SMILES string of the molecule is CSc1sc(C(N)=O)c2c1-c1[nH]ncc1CC2. The van der Waals surface area contributed by atoms with E-state index < -0.39 is 0 Å². The number of nitrogens with zero attached hydrogens (tertiary/aromatic N) is 1. The van der Waals surface area contributed by atoms with Crippen LogP contribution in [0.3, 0.4) is 0 Å². The molecule has 0 aliphatic heterocycles. The van der Waals surface area contributed by atoms with Crippen molar-refractivity contribution in [1.29, 1.82) is 0 Å². The standard InChI is InChI=1S/C11H11N3OS2/c1-16-11-7-6(9(17-11)10(12)15)3-2-5-4-13-14-8(5)7/h4H,2-3H2,1H3,(H2,12,15)(H,13,14). The molecule has 88 valence electrons. The van der Waals surface area contributed by atoms with Gasteiger partial charge in [-0.05, 0) is 30.2 Å². The molecule has 1 amide bonds. The van der Waals surface area contributed by atoms with E-state index in [2.05, 4.69) is 10.2 Å². The van der Waals surface area contributed by atoms with E-state index in [1.807, 2.05) is 12.5 Å². The number of nitrogens with two attached hydrogens (primary N) is 1. The lowest BCUT2D eigenvalue weighted by atomic mass is 9.92. The van der Waals surface area contributed by atoms with Gasteiger partial charge >= 0.3 is 0 Å². The molecule has 6 heteroatoms. The maximum Gasteiger partial charge on any atom is 0.259 e. The van der Waals surface area contributed by atoms with Gasteiger partial charge in [-0.3, -0.25) is 9.89 Å². The maximum atomic E-state index is 11.4. The Balaban J connectivity index is 2.29. The summed E-state index contributed by atoms with van der Waals surface area (Å²) in [5.74, 6) is -0.325. The van der Waals surface area contributed by atoms with Crippen LogP contribution in [0.25, 0.3) is 11.3 Å². The highest BCUT2D eigenvalue weighted by Crippen LogP contribution is 2.45. The van der Waals surface area contributed by atoms with Crippen molar-refractivity contribution in [3.63, 3.8) is 0 Å². The lowest BCUT2D eigenvalue weighted by Crippen LogP contribution is -2.13. The van der Waals surface area contributed by atoms with Crippen LogP contribution in [0.4, 0.5) is 0 Å². The zero-order chi connectivity index (χ0) is 12.0. The lowest BCUT2D eigenvalue weighted by molar-refractivity contribution is 0.100. The smallest absolute Gasteiger partial charge is 0.259 e. The van der Waals surface area contributed by atoms with Crippen molar-refractivity contribution in [1.82, 2.24) is 10.2 Å². The molecule has 17 heavy (non-hydrogen) atoms. The van der Waals surface area contributed by atoms with E-state index in [1.165, 1.54) is 16.9 Å². The first-order valence-electron chi connectivity index (χ1n) is 5.24. The van der Waals surface area contributed by atoms with Gasteiger partial charge in [0, 0.05) is 5.56 Å². The number of fused-ring (bicyclic) bond motifs is 3. The highest BCUT2D eigenvalue weighted by Gasteiger charge is 2.27. The Morgan fingerprint density at radius 3 is 3.12 bits per heavy atom. The molecule has 2 aromatic rings. The normalized spacial score (nSPS) is 13.2. The van der Waals surface area contributed by atoms with Crippen molar-refractivity contribution < 1.29 is 4.79 Å². The Morgan fingerprint density at radius 2 is 2.41 bits per heavy atom. The molecule has 0 unspecified atom stereocenters. The predicted molar refractivity (Wildman–Crippen MR) is 69.6 cm³/mol. The van der Waals surface area contributed by atoms with Gasteiger partial charge in [-0.1, -0.05) is 0 Å². The van der Waals surface area contributed by atoms with Crippen LogP contribution in [0.5, 0.6) is 0 Å². The maximum absolute atomic E-state index is 11.4. The van der Waals surface area contributed by atoms with Crippen LogP contribution in [0.15, 0.2) is 10.4 Å². The highest BCUT2D eigenvalue weighted by atomic mass is 32.2. The molecular weight excluding hydrogens is 254 g/mol. The second kappa shape index (κ2) is 3.89. The summed E-state index contributed by atoms with van der Waals surface area (Å²) in [6.45, 7) is 0. The van der Waals surface area contributed by atoms with Crippen molar-refractivity contribution in [2.24, 2.45) is 5.73 Å². The van der Waals surface area contributed by atoms with Crippen LogP contribution >= 0.6 is 23.1 Å². The number of primary amides is 1. The summed E-state index contributed by atoms with van der Waals surface area (Å²) in [5, 5.41) is 7.12. The van der Waals surface area contributed by atoms with Gasteiger partial charge in [-0.15, -0.1) is 23.1 Å². The van der Waals surface area contributed by atoms with Crippen LogP contribution in [-0.4, -0.2) is 22.4 Å². The lowest BCUT2D eigenvalue weighted by Gasteiger charge is -2.13. The molecule has 0 aromatic carbocycles. The summed E-state index contributed by atoms with van der Waals surface area (Å²) >= 11 is 3.14. The third-order valence-corrected chi connectivity index (χ3v) is 5.36. The van der Waals surface area contributed by atoms with Crippen LogP contribution in [-0.2, 0) is 12.8 Å². The third kappa shape index (κ3) is 1.51. The van der Waals surface area contributed by atoms with E-state index in [-0.39, 0.29) is 5.91 Å². The first-order chi connectivity index (χ1) is 8.22. The van der Waals surface area contributed by atoms with E-state index in [9.17, 15) is 4.79 Å². The van der Waals surface area contributed by atoms with Gasteiger partial charge in [-0.2, -0.15) is 5.10 Å². The minimum absolute atomic E-state index is 0.325. The average molecular weight is 265 g/mol. The number of hydrogen-bond donors (Lipinski definition) is 2. The zero-order valence-corrected chi connectivity index (χ0v) is 10.9. The Bertz CT molecular complexity index is 600. The predicted octanol–water partition coefficient (Wildman–Crippen LogP) is 2.06. The highest BCUT2D eigenvalue weighted by molar-refractivity contribution is 8.00. The van der Waals surface area contributed by atoms with E-state index in [0.717, 1.165) is 33.9 Å². The largest absolute Gasteiger partial charge is 0.365 e. The molecule has 1 aliphatic carbocycles. The quantitative estimate of drug-likeness (QED) is 0.816. The van der Waals surface area contributed by atoms with Crippen molar-refractivity contribution in [2.75, 3.05) is 6.26 Å². The molecule has 0 atom stereocenters. The first-order valence-corrected chi connectivity index (χ1v) is 7.28. The van der Waals surface area contributed by atoms with Gasteiger partial charge in [0.1, 0.15) is 0 Å². The summed E-state index contributed by atoms with van der Waals surface area (Å²) in [6, 6.07) is 0. The average Bonchev–Trinajstić information content (AvgIpc) is 2.91. The molecule has 0 bridgehead atoms. The number of hydrogen-bond acceptors (Lipinski definition) is 4. The second-order valence-electron chi connectivity index (χ2n) is 3.91. The molecule has 4 nitrogen and oxygen atoms in total. The van der Waals surface area contributed by atoms with Crippen LogP contribution in [0, 0.1) is 0 Å². The van der Waals surface area contributed by atoms with E-state index >= 15 is 0 Å². The number of carbonyl (C=O) groups is 1. The summed E-state index contributed by atoms with van der Waals surface area (Å²) in [4.78, 5) is 12.1. The number of thiophene rings is 1. The number of carbonyl (C=O) groups excluding carboxylic acids is 1. The van der Waals surface area contributed by atoms with Crippen molar-refractivity contribution in [3.8, 4) is 11.3 Å². The Hall–Kier alpha value is -1.27. The molecule has 3 rings (SSSR count). The fourth-order valence-corrected chi connectivity index (χ4v) is 4.21. The van der Waals surface area contributed by atoms with Crippen molar-refractivity contribution >= 4 is 29.0 Å². The van der Waals surface area contributed by atoms with E-state index in [4.69, 9.17) is 5.73 Å². The second-order valence-corrected chi connectivity index (χ2v) is 6.01. The molecule has 2 aromatic heterocycles. The van der Waals surface area contributed by atoms with Gasteiger partial charge < -0.3 is 5.73 Å². The monoisotopic (exact) mass is 265 g/mol. The molecule has 0 spiro atoms. The van der Waals surface area contributed by atoms with Crippen LogP contribution in [0.2, 0.25) is 0 Å². The molecule has 0 radical (unpaired) electrons. The molecular formula is C11H11N3OS2. The number of aromatic amines is 1. The first kappa shape index (κ1) is 10.9. The number of thioether (sulfide) groups is 1. The van der Waals surface area contributed by atoms with Gasteiger partial charge in [0.2, 0.25) is 0 Å². The molecule has 0 saturated carbocycles. The summed E-state index contributed by atoms with van der Waals surface area (Å²) < 4.78 is 1.14. The summed E-state index contributed by atoms with van der Waals surface area (Å²) in [5.41, 5.74) is 9.94. The summed E-state index contributed by atoms with van der Waals surface area (Å²) in [7, 11) is 0. The van der Waals surface area contributed by atoms with E-state index in [1.54, 1.807) is 11.8 Å². The fourth-order valence-electron chi connectivity index (χ4n) is 2.25. The van der Waals surface area contributed by atoms with Gasteiger partial charge in [0.05, 0.1) is 21.0 Å². The van der Waals surface area contributed by atoms with Crippen molar-refractivity contribution in [3.05, 3.63) is 22.2 Å². The Morgan fingerprint density at radius 1 is 1.59 bits per heavy atom. The number of nitrogens with one attached hydrogen (secondary N) is 1.